The number of hydrogen-bond acceptors (Lipinski definition) is 3. The van der Waals surface area contributed by atoms with Crippen LogP contribution in [0.4, 0.5) is 0 Å². The zero-order chi connectivity index (χ0) is 18.2. The molecular weight excluding hydrogens is 316 g/mol. The van der Waals surface area contributed by atoms with E-state index in [9.17, 15) is 15.0 Å². The van der Waals surface area contributed by atoms with Gasteiger partial charge in [0.2, 0.25) is 0 Å². The van der Waals surface area contributed by atoms with Crippen molar-refractivity contribution < 1.29 is 10.2 Å². The number of nitrogens with one attached hydrogen (secondary N) is 1. The minimum Gasteiger partial charge on any atom is -0.507 e. The molecule has 25 heavy (non-hydrogen) atoms. The minimum absolute atomic E-state index is 0.0679. The highest BCUT2D eigenvalue weighted by molar-refractivity contribution is 5.95. The Morgan fingerprint density at radius 2 is 2.00 bits per heavy atom. The Labute approximate surface area is 145 Å². The summed E-state index contributed by atoms with van der Waals surface area (Å²) >= 11 is 0. The van der Waals surface area contributed by atoms with Crippen molar-refractivity contribution in [1.29, 1.82) is 0 Å². The van der Waals surface area contributed by atoms with Gasteiger partial charge >= 0.3 is 0 Å². The summed E-state index contributed by atoms with van der Waals surface area (Å²) in [5.41, 5.74) is 1.38. The average molecular weight is 338 g/mol. The van der Waals surface area contributed by atoms with Gasteiger partial charge in [-0.2, -0.15) is 0 Å². The highest BCUT2D eigenvalue weighted by Crippen LogP contribution is 2.35. The van der Waals surface area contributed by atoms with Gasteiger partial charge in [0, 0.05) is 35.5 Å². The third-order valence-corrected chi connectivity index (χ3v) is 4.33. The van der Waals surface area contributed by atoms with Crippen LogP contribution in [0.25, 0.3) is 22.0 Å². The summed E-state index contributed by atoms with van der Waals surface area (Å²) in [4.78, 5) is 15.5. The standard InChI is InChI=1S/C20H22N2O3/c1-4-5-10-22-12-16(15-8-9-21-18(15)19(22)24)14-7-6-13(11-17(14)23)20(2,3)25/h4-9,11-12,21,23,25H,10H2,1-3H3/b5-4+. The summed E-state index contributed by atoms with van der Waals surface area (Å²) < 4.78 is 1.61. The van der Waals surface area contributed by atoms with Crippen LogP contribution in [0, 0.1) is 0 Å². The quantitative estimate of drug-likeness (QED) is 0.637. The number of rotatable bonds is 4. The molecule has 0 radical (unpaired) electrons. The van der Waals surface area contributed by atoms with E-state index >= 15 is 0 Å². The number of phenols is 1. The molecule has 0 fully saturated rings. The molecule has 0 atom stereocenters. The van der Waals surface area contributed by atoms with Crippen LogP contribution in [-0.4, -0.2) is 19.8 Å². The molecule has 0 aliphatic rings. The second-order valence-corrected chi connectivity index (χ2v) is 6.63. The van der Waals surface area contributed by atoms with Crippen LogP contribution in [0.3, 0.4) is 0 Å². The molecule has 130 valence electrons. The Kier molecular flexibility index (Phi) is 4.27. The second kappa shape index (κ2) is 6.26. The van der Waals surface area contributed by atoms with Gasteiger partial charge in [0.1, 0.15) is 11.3 Å². The molecule has 5 heteroatoms. The van der Waals surface area contributed by atoms with Gasteiger partial charge in [-0.25, -0.2) is 0 Å². The number of aliphatic hydroxyl groups is 1. The van der Waals surface area contributed by atoms with Crippen molar-refractivity contribution in [2.75, 3.05) is 0 Å². The molecule has 2 heterocycles. The van der Waals surface area contributed by atoms with Crippen LogP contribution >= 0.6 is 0 Å². The van der Waals surface area contributed by atoms with Gasteiger partial charge in [-0.15, -0.1) is 0 Å². The summed E-state index contributed by atoms with van der Waals surface area (Å²) in [5.74, 6) is 0.0679. The van der Waals surface area contributed by atoms with Gasteiger partial charge in [0.25, 0.3) is 5.56 Å². The number of aromatic hydroxyl groups is 1. The second-order valence-electron chi connectivity index (χ2n) is 6.63. The van der Waals surface area contributed by atoms with Crippen molar-refractivity contribution >= 4 is 10.9 Å². The zero-order valence-electron chi connectivity index (χ0n) is 14.6. The van der Waals surface area contributed by atoms with Crippen LogP contribution < -0.4 is 5.56 Å². The summed E-state index contributed by atoms with van der Waals surface area (Å²) in [6.45, 7) is 5.70. The van der Waals surface area contributed by atoms with Gasteiger partial charge in [-0.1, -0.05) is 24.3 Å². The molecule has 0 saturated carbocycles. The van der Waals surface area contributed by atoms with Crippen LogP contribution in [0.15, 0.2) is 53.6 Å². The summed E-state index contributed by atoms with van der Waals surface area (Å²) in [7, 11) is 0. The predicted molar refractivity (Wildman–Crippen MR) is 99.7 cm³/mol. The van der Waals surface area contributed by atoms with Crippen LogP contribution in [0.2, 0.25) is 0 Å². The highest BCUT2D eigenvalue weighted by atomic mass is 16.3. The van der Waals surface area contributed by atoms with Gasteiger partial charge in [0.05, 0.1) is 5.60 Å². The molecule has 2 aromatic heterocycles. The van der Waals surface area contributed by atoms with Crippen molar-refractivity contribution in [3.05, 3.63) is 64.7 Å². The number of hydrogen-bond donors (Lipinski definition) is 3. The lowest BCUT2D eigenvalue weighted by Gasteiger charge is -2.19. The lowest BCUT2D eigenvalue weighted by Crippen LogP contribution is -2.19. The Hall–Kier alpha value is -2.79. The first kappa shape index (κ1) is 17.0. The van der Waals surface area contributed by atoms with Gasteiger partial charge in [0.15, 0.2) is 0 Å². The number of benzene rings is 1. The summed E-state index contributed by atoms with van der Waals surface area (Å²) in [5, 5.41) is 21.4. The third kappa shape index (κ3) is 3.10. The molecule has 3 N–H and O–H groups in total. The molecule has 0 saturated heterocycles. The number of pyridine rings is 1. The maximum Gasteiger partial charge on any atom is 0.275 e. The molecule has 1 aromatic carbocycles. The summed E-state index contributed by atoms with van der Waals surface area (Å²) in [6, 6.07) is 6.95. The smallest absolute Gasteiger partial charge is 0.275 e. The lowest BCUT2D eigenvalue weighted by molar-refractivity contribution is 0.0783. The SMILES string of the molecule is C/C=C/Cn1cc(-c2ccc(C(C)(C)O)cc2O)c2cc[nH]c2c1=O. The number of fused-ring (bicyclic) bond motifs is 1. The van der Waals surface area contributed by atoms with E-state index in [4.69, 9.17) is 0 Å². The average Bonchev–Trinajstić information content (AvgIpc) is 3.04. The first-order valence-electron chi connectivity index (χ1n) is 8.21. The van der Waals surface area contributed by atoms with E-state index in [0.717, 1.165) is 10.9 Å². The maximum absolute atomic E-state index is 12.6. The molecule has 5 nitrogen and oxygen atoms in total. The number of phenolic OH excluding ortho intramolecular Hbond substituents is 1. The van der Waals surface area contributed by atoms with E-state index in [1.165, 1.54) is 0 Å². The Balaban J connectivity index is 2.23. The van der Waals surface area contributed by atoms with Crippen LogP contribution in [0.1, 0.15) is 26.3 Å². The minimum atomic E-state index is -1.04. The van der Waals surface area contributed by atoms with Crippen LogP contribution in [-0.2, 0) is 12.1 Å². The third-order valence-electron chi connectivity index (χ3n) is 4.33. The van der Waals surface area contributed by atoms with E-state index in [1.54, 1.807) is 49.0 Å². The molecule has 0 aliphatic heterocycles. The van der Waals surface area contributed by atoms with Crippen molar-refractivity contribution in [1.82, 2.24) is 9.55 Å². The van der Waals surface area contributed by atoms with E-state index in [1.807, 2.05) is 25.1 Å². The molecule has 0 spiro atoms. The van der Waals surface area contributed by atoms with Gasteiger partial charge in [-0.3, -0.25) is 4.79 Å². The fourth-order valence-corrected chi connectivity index (χ4v) is 2.91. The molecule has 0 aliphatic carbocycles. The lowest BCUT2D eigenvalue weighted by atomic mass is 9.94. The fourth-order valence-electron chi connectivity index (χ4n) is 2.91. The largest absolute Gasteiger partial charge is 0.507 e. The molecule has 3 aromatic rings. The first-order chi connectivity index (χ1) is 11.8. The molecule has 0 bridgehead atoms. The van der Waals surface area contributed by atoms with E-state index < -0.39 is 5.60 Å². The molecule has 3 rings (SSSR count). The van der Waals surface area contributed by atoms with Crippen molar-refractivity contribution in [2.24, 2.45) is 0 Å². The Morgan fingerprint density at radius 1 is 1.24 bits per heavy atom. The number of aromatic amines is 1. The maximum atomic E-state index is 12.6. The van der Waals surface area contributed by atoms with Gasteiger partial charge < -0.3 is 19.8 Å². The van der Waals surface area contributed by atoms with E-state index in [-0.39, 0.29) is 11.3 Å². The van der Waals surface area contributed by atoms with E-state index in [0.29, 0.717) is 23.2 Å². The van der Waals surface area contributed by atoms with Gasteiger partial charge in [-0.05, 0) is 38.5 Å². The number of aromatic nitrogens is 2. The van der Waals surface area contributed by atoms with E-state index in [2.05, 4.69) is 4.98 Å². The van der Waals surface area contributed by atoms with Crippen molar-refractivity contribution in [3.63, 3.8) is 0 Å². The van der Waals surface area contributed by atoms with Crippen LogP contribution in [0.5, 0.6) is 5.75 Å². The Bertz CT molecular complexity index is 1000. The Morgan fingerprint density at radius 3 is 2.64 bits per heavy atom. The van der Waals surface area contributed by atoms with Crippen molar-refractivity contribution in [2.45, 2.75) is 32.9 Å². The highest BCUT2D eigenvalue weighted by Gasteiger charge is 2.19. The number of nitrogens with zero attached hydrogens (tertiary/aromatic N) is 1. The van der Waals surface area contributed by atoms with Crippen molar-refractivity contribution in [3.8, 4) is 16.9 Å². The fraction of sp³-hybridized carbons (Fsp3) is 0.250. The number of H-pyrrole nitrogens is 1. The predicted octanol–water partition coefficient (Wildman–Crippen LogP) is 3.51. The molecular formula is C20H22N2O3. The first-order valence-corrected chi connectivity index (χ1v) is 8.21. The molecule has 0 amide bonds. The topological polar surface area (TPSA) is 78.2 Å². The number of allylic oxidation sites excluding steroid dienone is 2. The monoisotopic (exact) mass is 338 g/mol. The normalized spacial score (nSPS) is 12.3. The summed E-state index contributed by atoms with van der Waals surface area (Å²) in [6.07, 6.45) is 7.27. The zero-order valence-corrected chi connectivity index (χ0v) is 14.6. The molecule has 0 unspecified atom stereocenters.